The largest absolute Gasteiger partial charge is 0.494 e. The standard InChI is InChI=1S/C27H33N3O4/c1-4-33-21-12-10-19(11-13-21)16-30-25(31)23-15-24-22(14-18(2)34-24)29(23)17-27(30,3)26(32)28-20-8-6-5-7-9-20/h10-15,20H,4-9,16-17H2,1-3H3,(H,28,32)/t27-/m1/s1. The quantitative estimate of drug-likeness (QED) is 0.569. The van der Waals surface area contributed by atoms with E-state index in [4.69, 9.17) is 9.15 Å². The van der Waals surface area contributed by atoms with Crippen LogP contribution in [0.2, 0.25) is 0 Å². The highest BCUT2D eigenvalue weighted by molar-refractivity contribution is 6.03. The highest BCUT2D eigenvalue weighted by atomic mass is 16.5. The molecule has 1 aromatic carbocycles. The maximum Gasteiger partial charge on any atom is 0.271 e. The lowest BCUT2D eigenvalue weighted by atomic mass is 9.91. The van der Waals surface area contributed by atoms with Crippen LogP contribution in [0.5, 0.6) is 5.75 Å². The average molecular weight is 464 g/mol. The Labute approximate surface area is 200 Å². The van der Waals surface area contributed by atoms with Crippen molar-refractivity contribution in [2.24, 2.45) is 0 Å². The molecule has 7 nitrogen and oxygen atoms in total. The molecule has 1 N–H and O–H groups in total. The summed E-state index contributed by atoms with van der Waals surface area (Å²) >= 11 is 0. The minimum Gasteiger partial charge on any atom is -0.494 e. The molecule has 34 heavy (non-hydrogen) atoms. The molecule has 2 aliphatic rings. The van der Waals surface area contributed by atoms with Crippen molar-refractivity contribution in [1.82, 2.24) is 14.8 Å². The van der Waals surface area contributed by atoms with Gasteiger partial charge in [0.1, 0.15) is 22.7 Å². The van der Waals surface area contributed by atoms with Gasteiger partial charge in [-0.2, -0.15) is 0 Å². The summed E-state index contributed by atoms with van der Waals surface area (Å²) in [5.41, 5.74) is 2.02. The summed E-state index contributed by atoms with van der Waals surface area (Å²) < 4.78 is 13.3. The van der Waals surface area contributed by atoms with Gasteiger partial charge in [0.2, 0.25) is 5.91 Å². The lowest BCUT2D eigenvalue weighted by Crippen LogP contribution is -2.64. The third kappa shape index (κ3) is 3.97. The number of carbonyl (C=O) groups is 2. The van der Waals surface area contributed by atoms with E-state index in [1.54, 1.807) is 11.0 Å². The van der Waals surface area contributed by atoms with Crippen molar-refractivity contribution < 1.29 is 18.7 Å². The normalized spacial score (nSPS) is 21.0. The van der Waals surface area contributed by atoms with E-state index in [-0.39, 0.29) is 17.9 Å². The van der Waals surface area contributed by atoms with Gasteiger partial charge in [-0.1, -0.05) is 31.4 Å². The first-order valence-electron chi connectivity index (χ1n) is 12.3. The number of ether oxygens (including phenoxy) is 1. The first-order chi connectivity index (χ1) is 16.4. The predicted octanol–water partition coefficient (Wildman–Crippen LogP) is 4.81. The van der Waals surface area contributed by atoms with Crippen molar-refractivity contribution in [3.63, 3.8) is 0 Å². The van der Waals surface area contributed by atoms with Crippen molar-refractivity contribution in [2.75, 3.05) is 6.61 Å². The molecule has 1 fully saturated rings. The molecule has 7 heteroatoms. The third-order valence-corrected chi connectivity index (χ3v) is 7.24. The maximum atomic E-state index is 13.8. The van der Waals surface area contributed by atoms with Crippen LogP contribution in [-0.2, 0) is 17.9 Å². The van der Waals surface area contributed by atoms with Crippen LogP contribution in [0.3, 0.4) is 0 Å². The number of benzene rings is 1. The second-order valence-electron chi connectivity index (χ2n) is 9.77. The molecule has 2 amide bonds. The first-order valence-corrected chi connectivity index (χ1v) is 12.3. The van der Waals surface area contributed by atoms with Crippen LogP contribution in [0.15, 0.2) is 40.8 Å². The Bertz CT molecular complexity index is 1200. The molecule has 1 atom stereocenters. The zero-order valence-electron chi connectivity index (χ0n) is 20.2. The highest BCUT2D eigenvalue weighted by Crippen LogP contribution is 2.35. The van der Waals surface area contributed by atoms with Crippen LogP contribution in [0, 0.1) is 6.92 Å². The van der Waals surface area contributed by atoms with E-state index in [0.29, 0.717) is 31.0 Å². The Hall–Kier alpha value is -3.22. The Kier molecular flexibility index (Phi) is 5.88. The van der Waals surface area contributed by atoms with E-state index in [9.17, 15) is 9.59 Å². The molecule has 1 saturated carbocycles. The summed E-state index contributed by atoms with van der Waals surface area (Å²) in [6.45, 7) is 7.05. The van der Waals surface area contributed by atoms with Gasteiger partial charge in [-0.15, -0.1) is 0 Å². The molecule has 0 saturated heterocycles. The van der Waals surface area contributed by atoms with Gasteiger partial charge in [0.05, 0.1) is 18.7 Å². The van der Waals surface area contributed by atoms with E-state index in [2.05, 4.69) is 5.32 Å². The van der Waals surface area contributed by atoms with Gasteiger partial charge < -0.3 is 23.9 Å². The fourth-order valence-corrected chi connectivity index (χ4v) is 5.34. The number of furan rings is 1. The smallest absolute Gasteiger partial charge is 0.271 e. The molecule has 5 rings (SSSR count). The van der Waals surface area contributed by atoms with E-state index in [1.807, 2.05) is 55.7 Å². The summed E-state index contributed by atoms with van der Waals surface area (Å²) in [6.07, 6.45) is 5.47. The molecule has 2 aromatic heterocycles. The average Bonchev–Trinajstić information content (AvgIpc) is 3.35. The number of nitrogens with zero attached hydrogens (tertiary/aromatic N) is 2. The van der Waals surface area contributed by atoms with E-state index < -0.39 is 5.54 Å². The van der Waals surface area contributed by atoms with Crippen molar-refractivity contribution in [2.45, 2.75) is 77.5 Å². The summed E-state index contributed by atoms with van der Waals surface area (Å²) in [4.78, 5) is 29.3. The zero-order valence-corrected chi connectivity index (χ0v) is 20.2. The highest BCUT2D eigenvalue weighted by Gasteiger charge is 2.48. The minimum atomic E-state index is -1.03. The van der Waals surface area contributed by atoms with Crippen LogP contribution < -0.4 is 10.1 Å². The van der Waals surface area contributed by atoms with E-state index in [1.165, 1.54) is 6.42 Å². The van der Waals surface area contributed by atoms with Crippen LogP contribution in [0.4, 0.5) is 0 Å². The number of hydrogen-bond donors (Lipinski definition) is 1. The molecule has 1 aliphatic heterocycles. The number of amides is 2. The first kappa shape index (κ1) is 22.6. The number of hydrogen-bond acceptors (Lipinski definition) is 4. The predicted molar refractivity (Wildman–Crippen MR) is 130 cm³/mol. The van der Waals surface area contributed by atoms with Gasteiger partial charge >= 0.3 is 0 Å². The SMILES string of the molecule is CCOc1ccc(CN2C(=O)c3cc4oc(C)cc4n3C[C@]2(C)C(=O)NC2CCCCC2)cc1. The molecular weight excluding hydrogens is 430 g/mol. The van der Waals surface area contributed by atoms with Crippen LogP contribution >= 0.6 is 0 Å². The maximum absolute atomic E-state index is 13.8. The summed E-state index contributed by atoms with van der Waals surface area (Å²) in [5, 5.41) is 3.28. The number of aromatic nitrogens is 1. The Morgan fingerprint density at radius 1 is 1.18 bits per heavy atom. The minimum absolute atomic E-state index is 0.0913. The second-order valence-corrected chi connectivity index (χ2v) is 9.77. The third-order valence-electron chi connectivity index (χ3n) is 7.24. The van der Waals surface area contributed by atoms with Gasteiger partial charge in [0.15, 0.2) is 5.58 Å². The van der Waals surface area contributed by atoms with Crippen molar-refractivity contribution in [1.29, 1.82) is 0 Å². The summed E-state index contributed by atoms with van der Waals surface area (Å²) in [6, 6.07) is 11.6. The van der Waals surface area contributed by atoms with E-state index in [0.717, 1.165) is 48.3 Å². The Morgan fingerprint density at radius 3 is 2.62 bits per heavy atom. The van der Waals surface area contributed by atoms with Gasteiger partial charge in [-0.05, 0) is 51.3 Å². The molecular formula is C27H33N3O4. The van der Waals surface area contributed by atoms with Gasteiger partial charge in [0, 0.05) is 24.7 Å². The van der Waals surface area contributed by atoms with Gasteiger partial charge in [-0.25, -0.2) is 0 Å². The Morgan fingerprint density at radius 2 is 1.91 bits per heavy atom. The fraction of sp³-hybridized carbons (Fsp3) is 0.481. The van der Waals surface area contributed by atoms with Gasteiger partial charge in [-0.3, -0.25) is 9.59 Å². The number of carbonyl (C=O) groups excluding carboxylic acids is 2. The lowest BCUT2D eigenvalue weighted by Gasteiger charge is -2.44. The van der Waals surface area contributed by atoms with Crippen molar-refractivity contribution in [3.05, 3.63) is 53.4 Å². The summed E-state index contributed by atoms with van der Waals surface area (Å²) in [7, 11) is 0. The number of fused-ring (bicyclic) bond motifs is 3. The molecule has 3 heterocycles. The second kappa shape index (κ2) is 8.85. The molecule has 0 radical (unpaired) electrons. The molecule has 0 unspecified atom stereocenters. The van der Waals surface area contributed by atoms with Crippen molar-refractivity contribution >= 4 is 22.9 Å². The number of nitrogens with one attached hydrogen (secondary N) is 1. The number of rotatable bonds is 6. The molecule has 0 bridgehead atoms. The monoisotopic (exact) mass is 463 g/mol. The lowest BCUT2D eigenvalue weighted by molar-refractivity contribution is -0.134. The number of aryl methyl sites for hydroxylation is 1. The van der Waals surface area contributed by atoms with Crippen LogP contribution in [-0.4, -0.2) is 39.5 Å². The van der Waals surface area contributed by atoms with Crippen LogP contribution in [0.1, 0.15) is 67.8 Å². The van der Waals surface area contributed by atoms with Crippen molar-refractivity contribution in [3.8, 4) is 5.75 Å². The molecule has 3 aromatic rings. The molecule has 0 spiro atoms. The van der Waals surface area contributed by atoms with Crippen LogP contribution in [0.25, 0.3) is 11.1 Å². The summed E-state index contributed by atoms with van der Waals surface area (Å²) in [5.74, 6) is 1.33. The molecule has 1 aliphatic carbocycles. The zero-order chi connectivity index (χ0) is 23.9. The van der Waals surface area contributed by atoms with Gasteiger partial charge in [0.25, 0.3) is 5.91 Å². The fourth-order valence-electron chi connectivity index (χ4n) is 5.34. The Balaban J connectivity index is 1.50. The molecule has 180 valence electrons. The topological polar surface area (TPSA) is 76.7 Å². The van der Waals surface area contributed by atoms with E-state index >= 15 is 0 Å².